The number of carbonyl (C=O) groups is 1. The first-order valence-electron chi connectivity index (χ1n) is 8.11. The van der Waals surface area contributed by atoms with Crippen molar-refractivity contribution in [3.05, 3.63) is 65.4 Å². The molecule has 0 aliphatic heterocycles. The van der Waals surface area contributed by atoms with Gasteiger partial charge in [-0.25, -0.2) is 8.42 Å². The summed E-state index contributed by atoms with van der Waals surface area (Å²) in [5, 5.41) is 4.18. The Morgan fingerprint density at radius 3 is 2.54 bits per heavy atom. The smallest absolute Gasteiger partial charge is 0.221 e. The maximum Gasteiger partial charge on any atom is 0.221 e. The Bertz CT molecular complexity index is 992. The van der Waals surface area contributed by atoms with Crippen LogP contribution in [-0.2, 0) is 14.6 Å². The maximum atomic E-state index is 12.3. The van der Waals surface area contributed by atoms with Crippen molar-refractivity contribution in [2.24, 2.45) is 0 Å². The van der Waals surface area contributed by atoms with Crippen LogP contribution in [0, 0.1) is 0 Å². The maximum absolute atomic E-state index is 12.3. The molecule has 1 aromatic heterocycles. The minimum Gasteiger partial charge on any atom is -0.459 e. The van der Waals surface area contributed by atoms with Crippen molar-refractivity contribution in [1.29, 1.82) is 0 Å². The molecule has 3 aromatic rings. The molecule has 1 unspecified atom stereocenters. The third-order valence-electron chi connectivity index (χ3n) is 4.02. The van der Waals surface area contributed by atoms with Crippen LogP contribution in [0.5, 0.6) is 0 Å². The van der Waals surface area contributed by atoms with Gasteiger partial charge in [0.25, 0.3) is 0 Å². The summed E-state index contributed by atoms with van der Waals surface area (Å²) in [5.74, 6) is 0.00319. The second-order valence-corrected chi connectivity index (χ2v) is 8.54. The molecule has 0 aliphatic rings. The van der Waals surface area contributed by atoms with E-state index in [2.05, 4.69) is 5.32 Å². The van der Waals surface area contributed by atoms with Crippen LogP contribution >= 0.6 is 11.6 Å². The van der Waals surface area contributed by atoms with E-state index < -0.39 is 9.84 Å². The van der Waals surface area contributed by atoms with Gasteiger partial charge in [-0.2, -0.15) is 0 Å². The highest BCUT2D eigenvalue weighted by atomic mass is 35.5. The van der Waals surface area contributed by atoms with Crippen molar-refractivity contribution in [2.75, 3.05) is 5.75 Å². The summed E-state index contributed by atoms with van der Waals surface area (Å²) in [6.07, 6.45) is -0.129. The van der Waals surface area contributed by atoms with E-state index in [1.807, 2.05) is 30.3 Å². The first-order valence-corrected chi connectivity index (χ1v) is 10.1. The number of fused-ring (bicyclic) bond motifs is 1. The van der Waals surface area contributed by atoms with Crippen LogP contribution < -0.4 is 5.32 Å². The van der Waals surface area contributed by atoms with E-state index in [4.69, 9.17) is 16.0 Å². The fourth-order valence-corrected chi connectivity index (χ4v) is 3.95. The Hall–Kier alpha value is -2.31. The second-order valence-electron chi connectivity index (χ2n) is 6.00. The van der Waals surface area contributed by atoms with Gasteiger partial charge >= 0.3 is 0 Å². The van der Waals surface area contributed by atoms with Crippen LogP contribution in [-0.4, -0.2) is 20.1 Å². The van der Waals surface area contributed by atoms with Crippen LogP contribution in [0.2, 0.25) is 5.02 Å². The lowest BCUT2D eigenvalue weighted by molar-refractivity contribution is -0.121. The molecule has 0 aliphatic carbocycles. The molecule has 0 fully saturated rings. The molecule has 1 heterocycles. The molecule has 0 spiro atoms. The average molecular weight is 392 g/mol. The number of sulfone groups is 1. The summed E-state index contributed by atoms with van der Waals surface area (Å²) in [7, 11) is -3.54. The molecular formula is C19H18ClNO4S. The minimum atomic E-state index is -3.54. The van der Waals surface area contributed by atoms with E-state index in [1.54, 1.807) is 6.92 Å². The lowest BCUT2D eigenvalue weighted by Crippen LogP contribution is -2.28. The fraction of sp³-hybridized carbons (Fsp3) is 0.211. The number of amides is 1. The Labute approximate surface area is 156 Å². The van der Waals surface area contributed by atoms with Gasteiger partial charge in [-0.15, -0.1) is 0 Å². The molecule has 5 nitrogen and oxygen atoms in total. The quantitative estimate of drug-likeness (QED) is 0.685. The zero-order valence-corrected chi connectivity index (χ0v) is 15.7. The molecule has 3 rings (SSSR count). The highest BCUT2D eigenvalue weighted by Gasteiger charge is 2.19. The minimum absolute atomic E-state index is 0.129. The highest BCUT2D eigenvalue weighted by molar-refractivity contribution is 7.91. The molecule has 0 radical (unpaired) electrons. The van der Waals surface area contributed by atoms with Crippen molar-refractivity contribution in [2.45, 2.75) is 24.3 Å². The van der Waals surface area contributed by atoms with Gasteiger partial charge in [-0.1, -0.05) is 29.8 Å². The van der Waals surface area contributed by atoms with Gasteiger partial charge in [0.2, 0.25) is 5.91 Å². The number of furan rings is 1. The Morgan fingerprint density at radius 1 is 1.15 bits per heavy atom. The number of carbonyl (C=O) groups excluding carboxylic acids is 1. The van der Waals surface area contributed by atoms with Crippen molar-refractivity contribution in [3.63, 3.8) is 0 Å². The lowest BCUT2D eigenvalue weighted by Gasteiger charge is -2.11. The van der Waals surface area contributed by atoms with Gasteiger partial charge in [0.15, 0.2) is 9.84 Å². The predicted molar refractivity (Wildman–Crippen MR) is 101 cm³/mol. The van der Waals surface area contributed by atoms with Gasteiger partial charge in [0.1, 0.15) is 11.3 Å². The molecule has 0 saturated heterocycles. The topological polar surface area (TPSA) is 76.4 Å². The number of benzene rings is 2. The zero-order valence-electron chi connectivity index (χ0n) is 14.1. The van der Waals surface area contributed by atoms with Crippen LogP contribution in [0.4, 0.5) is 0 Å². The standard InChI is InChI=1S/C19H18ClNO4S/c1-13(18-12-14-4-2-3-5-17(14)25-18)21-19(22)10-11-26(23,24)16-8-6-15(20)7-9-16/h2-9,12-13H,10-11H2,1H3,(H,21,22). The largest absolute Gasteiger partial charge is 0.459 e. The summed E-state index contributed by atoms with van der Waals surface area (Å²) in [4.78, 5) is 12.3. The van der Waals surface area contributed by atoms with Crippen LogP contribution in [0.25, 0.3) is 11.0 Å². The first-order chi connectivity index (χ1) is 12.3. The third-order valence-corrected chi connectivity index (χ3v) is 6.00. The van der Waals surface area contributed by atoms with Crippen LogP contribution in [0.3, 0.4) is 0 Å². The molecule has 1 amide bonds. The van der Waals surface area contributed by atoms with E-state index in [-0.39, 0.29) is 29.0 Å². The molecule has 0 bridgehead atoms. The van der Waals surface area contributed by atoms with Gasteiger partial charge in [0, 0.05) is 16.8 Å². The molecule has 1 N–H and O–H groups in total. The molecule has 0 saturated carbocycles. The van der Waals surface area contributed by atoms with Crippen molar-refractivity contribution in [3.8, 4) is 0 Å². The molecule has 1 atom stereocenters. The summed E-state index contributed by atoms with van der Waals surface area (Å²) >= 11 is 5.77. The molecule has 136 valence electrons. The van der Waals surface area contributed by atoms with Gasteiger partial charge < -0.3 is 9.73 Å². The monoisotopic (exact) mass is 391 g/mol. The van der Waals surface area contributed by atoms with Gasteiger partial charge in [0.05, 0.1) is 16.7 Å². The van der Waals surface area contributed by atoms with Crippen molar-refractivity contribution >= 4 is 38.3 Å². The number of hydrogen-bond donors (Lipinski definition) is 1. The number of hydrogen-bond acceptors (Lipinski definition) is 4. The number of nitrogens with one attached hydrogen (secondary N) is 1. The van der Waals surface area contributed by atoms with E-state index in [0.29, 0.717) is 10.8 Å². The van der Waals surface area contributed by atoms with Crippen LogP contribution in [0.1, 0.15) is 25.1 Å². The van der Waals surface area contributed by atoms with Gasteiger partial charge in [-0.3, -0.25) is 4.79 Å². The van der Waals surface area contributed by atoms with E-state index in [0.717, 1.165) is 11.0 Å². The Kier molecular flexibility index (Phi) is 5.34. The third kappa shape index (κ3) is 4.26. The highest BCUT2D eigenvalue weighted by Crippen LogP contribution is 2.23. The summed E-state index contributed by atoms with van der Waals surface area (Å²) < 4.78 is 30.3. The summed E-state index contributed by atoms with van der Waals surface area (Å²) in [6.45, 7) is 1.79. The SMILES string of the molecule is CC(NC(=O)CCS(=O)(=O)c1ccc(Cl)cc1)c1cc2ccccc2o1. The fourth-order valence-electron chi connectivity index (χ4n) is 2.59. The Balaban J connectivity index is 1.60. The molecule has 26 heavy (non-hydrogen) atoms. The lowest BCUT2D eigenvalue weighted by atomic mass is 10.2. The predicted octanol–water partition coefficient (Wildman–Crippen LogP) is 4.13. The van der Waals surface area contributed by atoms with Gasteiger partial charge in [-0.05, 0) is 43.3 Å². The zero-order chi connectivity index (χ0) is 18.7. The normalized spacial score (nSPS) is 12.8. The first kappa shape index (κ1) is 18.5. The van der Waals surface area contributed by atoms with Crippen LogP contribution in [0.15, 0.2) is 63.9 Å². The van der Waals surface area contributed by atoms with E-state index >= 15 is 0 Å². The average Bonchev–Trinajstić information content (AvgIpc) is 3.05. The molecule has 2 aromatic carbocycles. The molecule has 7 heteroatoms. The Morgan fingerprint density at radius 2 is 1.85 bits per heavy atom. The summed E-state index contributed by atoms with van der Waals surface area (Å²) in [6, 6.07) is 15.0. The second kappa shape index (κ2) is 7.51. The van der Waals surface area contributed by atoms with Crippen molar-refractivity contribution in [1.82, 2.24) is 5.32 Å². The number of rotatable bonds is 6. The summed E-state index contributed by atoms with van der Waals surface area (Å²) in [5.41, 5.74) is 0.744. The number of halogens is 1. The molecular weight excluding hydrogens is 374 g/mol. The van der Waals surface area contributed by atoms with E-state index in [9.17, 15) is 13.2 Å². The van der Waals surface area contributed by atoms with Crippen molar-refractivity contribution < 1.29 is 17.6 Å². The van der Waals surface area contributed by atoms with E-state index in [1.165, 1.54) is 24.3 Å². The number of para-hydroxylation sites is 1.